The number of nitrogens with one attached hydrogen (secondary N) is 1. The fourth-order valence-corrected chi connectivity index (χ4v) is 4.12. The number of thiophene rings is 1. The van der Waals surface area contributed by atoms with Crippen LogP contribution < -0.4 is 0 Å². The van der Waals surface area contributed by atoms with Crippen LogP contribution in [0, 0.1) is 6.92 Å². The number of aliphatic carboxylic acids is 1. The number of carboxylic acids is 1. The van der Waals surface area contributed by atoms with Gasteiger partial charge in [-0.25, -0.2) is 0 Å². The van der Waals surface area contributed by atoms with Crippen molar-refractivity contribution in [3.63, 3.8) is 0 Å². The maximum absolute atomic E-state index is 11.2. The molecule has 0 saturated heterocycles. The Morgan fingerprint density at radius 3 is 2.81 bits per heavy atom. The van der Waals surface area contributed by atoms with Gasteiger partial charge in [0, 0.05) is 15.4 Å². The van der Waals surface area contributed by atoms with Gasteiger partial charge in [-0.3, -0.25) is 4.79 Å². The Kier molecular flexibility index (Phi) is 3.82. The molecule has 0 saturated carbocycles. The quantitative estimate of drug-likeness (QED) is 0.648. The van der Waals surface area contributed by atoms with Crippen molar-refractivity contribution in [2.24, 2.45) is 0 Å². The summed E-state index contributed by atoms with van der Waals surface area (Å²) in [5.41, 5.74) is 3.67. The van der Waals surface area contributed by atoms with Crippen LogP contribution in [-0.4, -0.2) is 16.1 Å². The molecule has 3 rings (SSSR count). The summed E-state index contributed by atoms with van der Waals surface area (Å²) in [6.07, 6.45) is -0.0270. The maximum Gasteiger partial charge on any atom is 0.307 e. The average Bonchev–Trinajstić information content (AvgIpc) is 2.94. The molecule has 3 aromatic rings. The van der Waals surface area contributed by atoms with E-state index >= 15 is 0 Å². The number of aromatic nitrogens is 1. The molecule has 0 amide bonds. The molecular weight excluding hydrogens is 374 g/mol. The van der Waals surface area contributed by atoms with Gasteiger partial charge in [-0.05, 0) is 42.3 Å². The monoisotopic (exact) mass is 383 g/mol. The topological polar surface area (TPSA) is 53.1 Å². The second-order valence-electron chi connectivity index (χ2n) is 4.80. The molecule has 21 heavy (non-hydrogen) atoms. The zero-order valence-corrected chi connectivity index (χ0v) is 14.2. The van der Waals surface area contributed by atoms with Crippen LogP contribution in [0.3, 0.4) is 0 Å². The first-order chi connectivity index (χ1) is 9.95. The SMILES string of the molecule is Cc1cc(Br)cc2c(CC(=O)O)c(-c3ccc(Cl)s3)[nH]c12. The summed E-state index contributed by atoms with van der Waals surface area (Å²) in [5, 5.41) is 10.1. The molecule has 6 heteroatoms. The van der Waals surface area contributed by atoms with Crippen LogP contribution in [-0.2, 0) is 11.2 Å². The minimum absolute atomic E-state index is 0.0270. The van der Waals surface area contributed by atoms with Crippen molar-refractivity contribution in [2.45, 2.75) is 13.3 Å². The summed E-state index contributed by atoms with van der Waals surface area (Å²) in [4.78, 5) is 15.5. The predicted octanol–water partition coefficient (Wildman–Crippen LogP) is 5.25. The van der Waals surface area contributed by atoms with Gasteiger partial charge in [-0.2, -0.15) is 0 Å². The van der Waals surface area contributed by atoms with Crippen LogP contribution in [0.1, 0.15) is 11.1 Å². The maximum atomic E-state index is 11.2. The largest absolute Gasteiger partial charge is 0.481 e. The lowest BCUT2D eigenvalue weighted by atomic mass is 10.0. The Labute approximate surface area is 138 Å². The molecule has 0 spiro atoms. The van der Waals surface area contributed by atoms with Gasteiger partial charge in [0.25, 0.3) is 0 Å². The van der Waals surface area contributed by atoms with E-state index in [1.807, 2.05) is 31.2 Å². The molecule has 0 atom stereocenters. The number of benzene rings is 1. The number of aryl methyl sites for hydroxylation is 1. The summed E-state index contributed by atoms with van der Waals surface area (Å²) in [5.74, 6) is -0.850. The molecule has 2 heterocycles. The van der Waals surface area contributed by atoms with Crippen LogP contribution in [0.25, 0.3) is 21.5 Å². The van der Waals surface area contributed by atoms with Crippen LogP contribution in [0.2, 0.25) is 4.34 Å². The molecule has 1 aromatic carbocycles. The molecular formula is C15H11BrClNO2S. The number of H-pyrrole nitrogens is 1. The lowest BCUT2D eigenvalue weighted by Crippen LogP contribution is -2.00. The number of carboxylic acid groups (broad SMARTS) is 1. The van der Waals surface area contributed by atoms with Gasteiger partial charge < -0.3 is 10.1 Å². The zero-order valence-electron chi connectivity index (χ0n) is 11.0. The van der Waals surface area contributed by atoms with E-state index in [0.717, 1.165) is 37.1 Å². The Bertz CT molecular complexity index is 853. The number of carbonyl (C=O) groups is 1. The van der Waals surface area contributed by atoms with E-state index in [4.69, 9.17) is 11.6 Å². The predicted molar refractivity (Wildman–Crippen MR) is 90.4 cm³/mol. The highest BCUT2D eigenvalue weighted by Crippen LogP contribution is 2.38. The first-order valence-corrected chi connectivity index (χ1v) is 8.22. The first-order valence-electron chi connectivity index (χ1n) is 6.24. The molecule has 0 unspecified atom stereocenters. The Hall–Kier alpha value is -1.30. The number of aromatic amines is 1. The Balaban J connectivity index is 2.32. The number of hydrogen-bond acceptors (Lipinski definition) is 2. The summed E-state index contributed by atoms with van der Waals surface area (Å²) < 4.78 is 1.62. The summed E-state index contributed by atoms with van der Waals surface area (Å²) in [7, 11) is 0. The van der Waals surface area contributed by atoms with Gasteiger partial charge in [0.2, 0.25) is 0 Å². The van der Waals surface area contributed by atoms with Crippen molar-refractivity contribution in [1.29, 1.82) is 0 Å². The van der Waals surface area contributed by atoms with Crippen LogP contribution in [0.15, 0.2) is 28.7 Å². The first kappa shape index (κ1) is 14.6. The van der Waals surface area contributed by atoms with Crippen molar-refractivity contribution >= 4 is 55.7 Å². The van der Waals surface area contributed by atoms with Gasteiger partial charge in [0.15, 0.2) is 0 Å². The van der Waals surface area contributed by atoms with Crippen LogP contribution >= 0.6 is 38.9 Å². The van der Waals surface area contributed by atoms with Crippen LogP contribution in [0.5, 0.6) is 0 Å². The number of rotatable bonds is 3. The molecule has 2 N–H and O–H groups in total. The molecule has 0 fully saturated rings. The van der Waals surface area contributed by atoms with Gasteiger partial charge in [0.05, 0.1) is 21.3 Å². The van der Waals surface area contributed by atoms with Gasteiger partial charge in [-0.1, -0.05) is 27.5 Å². The van der Waals surface area contributed by atoms with Gasteiger partial charge in [-0.15, -0.1) is 11.3 Å². The zero-order chi connectivity index (χ0) is 15.1. The Morgan fingerprint density at radius 1 is 1.43 bits per heavy atom. The van der Waals surface area contributed by atoms with E-state index in [1.54, 1.807) is 0 Å². The third-order valence-corrected chi connectivity index (χ3v) is 5.03. The minimum atomic E-state index is -0.850. The smallest absolute Gasteiger partial charge is 0.307 e. The van der Waals surface area contributed by atoms with Crippen molar-refractivity contribution in [1.82, 2.24) is 4.98 Å². The molecule has 3 nitrogen and oxygen atoms in total. The van der Waals surface area contributed by atoms with E-state index in [1.165, 1.54) is 11.3 Å². The lowest BCUT2D eigenvalue weighted by Gasteiger charge is -2.01. The van der Waals surface area contributed by atoms with Crippen molar-refractivity contribution < 1.29 is 9.90 Å². The van der Waals surface area contributed by atoms with E-state index in [2.05, 4.69) is 20.9 Å². The third-order valence-electron chi connectivity index (χ3n) is 3.32. The summed E-state index contributed by atoms with van der Waals surface area (Å²) >= 11 is 10.9. The fourth-order valence-electron chi connectivity index (χ4n) is 2.48. The number of fused-ring (bicyclic) bond motifs is 1. The average molecular weight is 385 g/mol. The minimum Gasteiger partial charge on any atom is -0.481 e. The summed E-state index contributed by atoms with van der Waals surface area (Å²) in [6.45, 7) is 2.00. The van der Waals surface area contributed by atoms with Crippen molar-refractivity contribution in [3.05, 3.63) is 44.2 Å². The molecule has 0 aliphatic carbocycles. The second-order valence-corrected chi connectivity index (χ2v) is 7.43. The van der Waals surface area contributed by atoms with E-state index < -0.39 is 5.97 Å². The highest BCUT2D eigenvalue weighted by molar-refractivity contribution is 9.10. The molecule has 0 radical (unpaired) electrons. The summed E-state index contributed by atoms with van der Waals surface area (Å²) in [6, 6.07) is 7.69. The second kappa shape index (κ2) is 5.48. The number of hydrogen-bond donors (Lipinski definition) is 2. The standard InChI is InChI=1S/C15H11BrClNO2S/c1-7-4-8(16)5-9-10(6-13(19)20)15(18-14(7)9)11-2-3-12(17)21-11/h2-5,18H,6H2,1H3,(H,19,20). The van der Waals surface area contributed by atoms with Crippen molar-refractivity contribution in [3.8, 4) is 10.6 Å². The van der Waals surface area contributed by atoms with Gasteiger partial charge >= 0.3 is 5.97 Å². The third kappa shape index (κ3) is 2.73. The Morgan fingerprint density at radius 2 is 2.19 bits per heavy atom. The lowest BCUT2D eigenvalue weighted by molar-refractivity contribution is -0.136. The van der Waals surface area contributed by atoms with Crippen LogP contribution in [0.4, 0.5) is 0 Å². The van der Waals surface area contributed by atoms with Crippen molar-refractivity contribution in [2.75, 3.05) is 0 Å². The molecule has 108 valence electrons. The molecule has 0 aliphatic rings. The van der Waals surface area contributed by atoms with E-state index in [0.29, 0.717) is 4.34 Å². The van der Waals surface area contributed by atoms with E-state index in [9.17, 15) is 9.90 Å². The molecule has 0 bridgehead atoms. The fraction of sp³-hybridized carbons (Fsp3) is 0.133. The highest BCUT2D eigenvalue weighted by Gasteiger charge is 2.18. The van der Waals surface area contributed by atoms with E-state index in [-0.39, 0.29) is 6.42 Å². The molecule has 0 aliphatic heterocycles. The number of halogens is 2. The molecule has 2 aromatic heterocycles. The van der Waals surface area contributed by atoms with Gasteiger partial charge in [0.1, 0.15) is 0 Å². The normalized spacial score (nSPS) is 11.2. The highest BCUT2D eigenvalue weighted by atomic mass is 79.9.